The van der Waals surface area contributed by atoms with Crippen molar-refractivity contribution in [2.24, 2.45) is 0 Å². The first kappa shape index (κ1) is 13.9. The predicted octanol–water partition coefficient (Wildman–Crippen LogP) is 4.45. The number of nitrogens with one attached hydrogen (secondary N) is 2. The van der Waals surface area contributed by atoms with E-state index in [2.05, 4.69) is 78.0 Å². The number of benzene rings is 2. The summed E-state index contributed by atoms with van der Waals surface area (Å²) in [5, 5.41) is 5.01. The first-order chi connectivity index (χ1) is 10.4. The summed E-state index contributed by atoms with van der Waals surface area (Å²) in [6, 6.07) is 19.6. The van der Waals surface area contributed by atoms with Gasteiger partial charge >= 0.3 is 0 Å². The van der Waals surface area contributed by atoms with Crippen molar-refractivity contribution in [2.75, 3.05) is 6.54 Å². The summed E-state index contributed by atoms with van der Waals surface area (Å²) in [7, 11) is 0. The summed E-state index contributed by atoms with van der Waals surface area (Å²) in [5.74, 6) is 0. The Morgan fingerprint density at radius 1 is 1.00 bits per heavy atom. The Bertz CT molecular complexity index is 685. The van der Waals surface area contributed by atoms with Crippen molar-refractivity contribution in [3.63, 3.8) is 0 Å². The van der Waals surface area contributed by atoms with Gasteiger partial charge in [0.15, 0.2) is 0 Å². The number of fused-ring (bicyclic) bond motifs is 1. The largest absolute Gasteiger partial charge is 0.361 e. The van der Waals surface area contributed by atoms with E-state index in [1.165, 1.54) is 22.0 Å². The van der Waals surface area contributed by atoms with Crippen molar-refractivity contribution in [1.82, 2.24) is 10.3 Å². The minimum atomic E-state index is 0.441. The van der Waals surface area contributed by atoms with Crippen LogP contribution < -0.4 is 5.32 Å². The third-order valence-corrected chi connectivity index (χ3v) is 4.07. The molecule has 3 aromatic rings. The summed E-state index contributed by atoms with van der Waals surface area (Å²) in [5.41, 5.74) is 3.99. The van der Waals surface area contributed by atoms with Gasteiger partial charge in [0.2, 0.25) is 0 Å². The van der Waals surface area contributed by atoms with Crippen LogP contribution in [0.5, 0.6) is 0 Å². The van der Waals surface area contributed by atoms with Gasteiger partial charge in [0.25, 0.3) is 0 Å². The molecule has 21 heavy (non-hydrogen) atoms. The van der Waals surface area contributed by atoms with Crippen LogP contribution >= 0.6 is 0 Å². The molecule has 1 heterocycles. The normalized spacial score (nSPS) is 12.6. The van der Waals surface area contributed by atoms with Gasteiger partial charge in [0, 0.05) is 23.1 Å². The van der Waals surface area contributed by atoms with E-state index in [9.17, 15) is 0 Å². The second-order valence-corrected chi connectivity index (χ2v) is 5.44. The molecule has 0 fully saturated rings. The average Bonchev–Trinajstić information content (AvgIpc) is 2.96. The third-order valence-electron chi connectivity index (χ3n) is 4.07. The van der Waals surface area contributed by atoms with Gasteiger partial charge in [0.05, 0.1) is 0 Å². The Kier molecular flexibility index (Phi) is 4.37. The molecule has 0 bridgehead atoms. The van der Waals surface area contributed by atoms with Gasteiger partial charge in [-0.05, 0) is 36.6 Å². The van der Waals surface area contributed by atoms with Crippen LogP contribution in [0.2, 0.25) is 0 Å². The molecule has 2 heteroatoms. The van der Waals surface area contributed by atoms with E-state index >= 15 is 0 Å². The van der Waals surface area contributed by atoms with Crippen molar-refractivity contribution < 1.29 is 0 Å². The van der Waals surface area contributed by atoms with Gasteiger partial charge in [-0.3, -0.25) is 0 Å². The highest BCUT2D eigenvalue weighted by atomic mass is 14.9. The van der Waals surface area contributed by atoms with Crippen LogP contribution in [0.25, 0.3) is 10.9 Å². The number of hydrogen-bond donors (Lipinski definition) is 2. The summed E-state index contributed by atoms with van der Waals surface area (Å²) in [6.07, 6.45) is 4.29. The van der Waals surface area contributed by atoms with Gasteiger partial charge in [-0.1, -0.05) is 55.5 Å². The Hall–Kier alpha value is -2.06. The van der Waals surface area contributed by atoms with Crippen LogP contribution in [0.4, 0.5) is 0 Å². The molecule has 1 unspecified atom stereocenters. The van der Waals surface area contributed by atoms with E-state index in [1.54, 1.807) is 0 Å². The standard InChI is InChI=1S/C19H22N2/c1-2-18(15-8-4-3-5-9-15)20-13-12-16-14-21-19-11-7-6-10-17(16)19/h3-11,14,18,20-21H,2,12-13H2,1H3. The lowest BCUT2D eigenvalue weighted by Crippen LogP contribution is -2.23. The molecular formula is C19H22N2. The van der Waals surface area contributed by atoms with E-state index < -0.39 is 0 Å². The average molecular weight is 278 g/mol. The zero-order chi connectivity index (χ0) is 14.5. The maximum Gasteiger partial charge on any atom is 0.0456 e. The van der Waals surface area contributed by atoms with Crippen molar-refractivity contribution in [3.8, 4) is 0 Å². The molecule has 0 aliphatic rings. The highest BCUT2D eigenvalue weighted by Gasteiger charge is 2.08. The Balaban J connectivity index is 1.63. The number of aromatic amines is 1. The fraction of sp³-hybridized carbons (Fsp3) is 0.263. The molecule has 108 valence electrons. The molecule has 0 aliphatic heterocycles. The van der Waals surface area contributed by atoms with E-state index in [0.29, 0.717) is 6.04 Å². The maximum atomic E-state index is 3.67. The van der Waals surface area contributed by atoms with Gasteiger partial charge in [-0.25, -0.2) is 0 Å². The van der Waals surface area contributed by atoms with Crippen molar-refractivity contribution in [2.45, 2.75) is 25.8 Å². The number of aromatic nitrogens is 1. The lowest BCUT2D eigenvalue weighted by atomic mass is 10.0. The highest BCUT2D eigenvalue weighted by molar-refractivity contribution is 5.83. The molecule has 0 radical (unpaired) electrons. The first-order valence-corrected chi connectivity index (χ1v) is 7.72. The van der Waals surface area contributed by atoms with Crippen LogP contribution in [0.1, 0.15) is 30.5 Å². The van der Waals surface area contributed by atoms with Crippen molar-refractivity contribution >= 4 is 10.9 Å². The molecular weight excluding hydrogens is 256 g/mol. The Morgan fingerprint density at radius 3 is 2.57 bits per heavy atom. The molecule has 0 spiro atoms. The molecule has 0 saturated carbocycles. The van der Waals surface area contributed by atoms with Gasteiger partial charge < -0.3 is 10.3 Å². The Labute approximate surface area is 126 Å². The molecule has 0 amide bonds. The minimum Gasteiger partial charge on any atom is -0.361 e. The molecule has 0 saturated heterocycles. The third kappa shape index (κ3) is 3.17. The van der Waals surface area contributed by atoms with E-state index in [4.69, 9.17) is 0 Å². The lowest BCUT2D eigenvalue weighted by Gasteiger charge is -2.17. The maximum absolute atomic E-state index is 3.67. The van der Waals surface area contributed by atoms with Crippen LogP contribution in [-0.4, -0.2) is 11.5 Å². The second kappa shape index (κ2) is 6.59. The van der Waals surface area contributed by atoms with Gasteiger partial charge in [-0.15, -0.1) is 0 Å². The number of H-pyrrole nitrogens is 1. The number of rotatable bonds is 6. The molecule has 2 N–H and O–H groups in total. The van der Waals surface area contributed by atoms with Crippen LogP contribution in [0.3, 0.4) is 0 Å². The molecule has 2 aromatic carbocycles. The summed E-state index contributed by atoms with van der Waals surface area (Å²) < 4.78 is 0. The zero-order valence-electron chi connectivity index (χ0n) is 12.5. The molecule has 2 nitrogen and oxygen atoms in total. The van der Waals surface area contributed by atoms with Gasteiger partial charge in [-0.2, -0.15) is 0 Å². The van der Waals surface area contributed by atoms with E-state index in [0.717, 1.165) is 19.4 Å². The SMILES string of the molecule is CCC(NCCc1c[nH]c2ccccc12)c1ccccc1. The molecule has 1 aromatic heterocycles. The fourth-order valence-corrected chi connectivity index (χ4v) is 2.90. The quantitative estimate of drug-likeness (QED) is 0.685. The molecule has 0 aliphatic carbocycles. The van der Waals surface area contributed by atoms with Gasteiger partial charge in [0.1, 0.15) is 0 Å². The topological polar surface area (TPSA) is 27.8 Å². The van der Waals surface area contributed by atoms with Crippen LogP contribution in [-0.2, 0) is 6.42 Å². The predicted molar refractivity (Wildman–Crippen MR) is 89.5 cm³/mol. The smallest absolute Gasteiger partial charge is 0.0456 e. The molecule has 1 atom stereocenters. The monoisotopic (exact) mass is 278 g/mol. The summed E-state index contributed by atoms with van der Waals surface area (Å²) in [6.45, 7) is 3.23. The fourth-order valence-electron chi connectivity index (χ4n) is 2.90. The number of para-hydroxylation sites is 1. The Morgan fingerprint density at radius 2 is 1.76 bits per heavy atom. The van der Waals surface area contributed by atoms with Crippen LogP contribution in [0, 0.1) is 0 Å². The summed E-state index contributed by atoms with van der Waals surface area (Å²) >= 11 is 0. The zero-order valence-corrected chi connectivity index (χ0v) is 12.5. The van der Waals surface area contributed by atoms with Crippen molar-refractivity contribution in [1.29, 1.82) is 0 Å². The highest BCUT2D eigenvalue weighted by Crippen LogP contribution is 2.19. The number of hydrogen-bond acceptors (Lipinski definition) is 1. The summed E-state index contributed by atoms with van der Waals surface area (Å²) in [4.78, 5) is 3.34. The van der Waals surface area contributed by atoms with Crippen LogP contribution in [0.15, 0.2) is 60.8 Å². The van der Waals surface area contributed by atoms with E-state index in [1.807, 2.05) is 0 Å². The lowest BCUT2D eigenvalue weighted by molar-refractivity contribution is 0.523. The molecule has 3 rings (SSSR count). The second-order valence-electron chi connectivity index (χ2n) is 5.44. The first-order valence-electron chi connectivity index (χ1n) is 7.72. The van der Waals surface area contributed by atoms with E-state index in [-0.39, 0.29) is 0 Å². The minimum absolute atomic E-state index is 0.441. The van der Waals surface area contributed by atoms with Crippen molar-refractivity contribution in [3.05, 3.63) is 71.9 Å².